The normalized spacial score (nSPS) is 19.9. The van der Waals surface area contributed by atoms with Gasteiger partial charge in [-0.3, -0.25) is 4.79 Å². The second-order valence-corrected chi connectivity index (χ2v) is 5.91. The number of hydrogen-bond acceptors (Lipinski definition) is 3. The van der Waals surface area contributed by atoms with Gasteiger partial charge in [-0.25, -0.2) is 4.79 Å². The van der Waals surface area contributed by atoms with E-state index in [1.54, 1.807) is 0 Å². The number of rotatable bonds is 7. The van der Waals surface area contributed by atoms with E-state index in [0.717, 1.165) is 51.4 Å². The Morgan fingerprint density at radius 1 is 1.25 bits per heavy atom. The van der Waals surface area contributed by atoms with Crippen molar-refractivity contribution in [3.05, 3.63) is 0 Å². The molecule has 0 unspecified atom stereocenters. The van der Waals surface area contributed by atoms with Gasteiger partial charge >= 0.3 is 5.97 Å². The molecular weight excluding hydrogens is 256 g/mol. The van der Waals surface area contributed by atoms with Crippen molar-refractivity contribution < 1.29 is 14.7 Å². The molecule has 1 fully saturated rings. The summed E-state index contributed by atoms with van der Waals surface area (Å²) in [6, 6.07) is -0.783. The van der Waals surface area contributed by atoms with Crippen LogP contribution in [-0.2, 0) is 9.59 Å². The molecule has 0 aromatic rings. The molecule has 0 heterocycles. The van der Waals surface area contributed by atoms with Crippen molar-refractivity contribution in [2.75, 3.05) is 6.54 Å². The third kappa shape index (κ3) is 4.47. The van der Waals surface area contributed by atoms with Gasteiger partial charge in [-0.1, -0.05) is 45.4 Å². The van der Waals surface area contributed by atoms with E-state index >= 15 is 0 Å². The Morgan fingerprint density at radius 2 is 1.85 bits per heavy atom. The molecule has 116 valence electrons. The first kappa shape index (κ1) is 17.0. The van der Waals surface area contributed by atoms with E-state index in [0.29, 0.717) is 13.0 Å². The van der Waals surface area contributed by atoms with Crippen LogP contribution in [-0.4, -0.2) is 29.6 Å². The summed E-state index contributed by atoms with van der Waals surface area (Å²) in [6.45, 7) is 2.31. The molecule has 0 aromatic heterocycles. The first-order chi connectivity index (χ1) is 9.55. The summed E-state index contributed by atoms with van der Waals surface area (Å²) < 4.78 is 0. The summed E-state index contributed by atoms with van der Waals surface area (Å²) in [6.07, 6.45) is 8.01. The zero-order chi connectivity index (χ0) is 15.0. The van der Waals surface area contributed by atoms with Gasteiger partial charge in [-0.2, -0.15) is 0 Å². The molecule has 0 aliphatic heterocycles. The van der Waals surface area contributed by atoms with Gasteiger partial charge in [0.15, 0.2) is 0 Å². The van der Waals surface area contributed by atoms with Crippen molar-refractivity contribution in [3.63, 3.8) is 0 Å². The molecule has 1 atom stereocenters. The van der Waals surface area contributed by atoms with Crippen LogP contribution in [0.1, 0.15) is 64.7 Å². The standard InChI is InChI=1S/C15H28N2O3/c1-2-3-8-12(13(18)19)17-14(20)15(11-16)9-6-4-5-7-10-15/h12H,2-11,16H2,1H3,(H,17,20)(H,18,19)/t12-/m0/s1. The highest BCUT2D eigenvalue weighted by Crippen LogP contribution is 2.34. The lowest BCUT2D eigenvalue weighted by molar-refractivity contribution is -0.144. The fourth-order valence-electron chi connectivity index (χ4n) is 2.91. The van der Waals surface area contributed by atoms with Gasteiger partial charge in [0.25, 0.3) is 0 Å². The van der Waals surface area contributed by atoms with Crippen molar-refractivity contribution >= 4 is 11.9 Å². The van der Waals surface area contributed by atoms with Gasteiger partial charge in [-0.05, 0) is 19.3 Å². The minimum atomic E-state index is -0.951. The Labute approximate surface area is 121 Å². The molecule has 1 aliphatic rings. The van der Waals surface area contributed by atoms with Crippen LogP contribution in [0, 0.1) is 5.41 Å². The molecule has 1 saturated carbocycles. The van der Waals surface area contributed by atoms with Crippen LogP contribution in [0.15, 0.2) is 0 Å². The third-order valence-electron chi connectivity index (χ3n) is 4.38. The van der Waals surface area contributed by atoms with Crippen LogP contribution < -0.4 is 11.1 Å². The van der Waals surface area contributed by atoms with Crippen LogP contribution in [0.3, 0.4) is 0 Å². The summed E-state index contributed by atoms with van der Waals surface area (Å²) in [5, 5.41) is 11.9. The van der Waals surface area contributed by atoms with Crippen LogP contribution in [0.2, 0.25) is 0 Å². The average Bonchev–Trinajstić information content (AvgIpc) is 2.69. The van der Waals surface area contributed by atoms with E-state index < -0.39 is 17.4 Å². The fourth-order valence-corrected chi connectivity index (χ4v) is 2.91. The molecule has 0 aromatic carbocycles. The lowest BCUT2D eigenvalue weighted by Crippen LogP contribution is -2.51. The second kappa shape index (κ2) is 8.25. The predicted molar refractivity (Wildman–Crippen MR) is 78.3 cm³/mol. The van der Waals surface area contributed by atoms with Crippen LogP contribution >= 0.6 is 0 Å². The number of carboxylic acid groups (broad SMARTS) is 1. The number of unbranched alkanes of at least 4 members (excludes halogenated alkanes) is 1. The van der Waals surface area contributed by atoms with Gasteiger partial charge in [0, 0.05) is 6.54 Å². The number of aliphatic carboxylic acids is 1. The molecule has 0 spiro atoms. The molecule has 1 rings (SSSR count). The van der Waals surface area contributed by atoms with Crippen molar-refractivity contribution in [2.24, 2.45) is 11.1 Å². The van der Waals surface area contributed by atoms with Gasteiger partial charge in [0.05, 0.1) is 5.41 Å². The number of carboxylic acids is 1. The molecule has 1 aliphatic carbocycles. The smallest absolute Gasteiger partial charge is 0.326 e. The van der Waals surface area contributed by atoms with Crippen molar-refractivity contribution in [1.29, 1.82) is 0 Å². The van der Waals surface area contributed by atoms with Crippen molar-refractivity contribution in [1.82, 2.24) is 5.32 Å². The zero-order valence-corrected chi connectivity index (χ0v) is 12.5. The quantitative estimate of drug-likeness (QED) is 0.624. The number of carbonyl (C=O) groups excluding carboxylic acids is 1. The molecule has 20 heavy (non-hydrogen) atoms. The zero-order valence-electron chi connectivity index (χ0n) is 12.5. The van der Waals surface area contributed by atoms with Crippen molar-refractivity contribution in [3.8, 4) is 0 Å². The summed E-state index contributed by atoms with van der Waals surface area (Å²) in [4.78, 5) is 23.8. The van der Waals surface area contributed by atoms with E-state index in [2.05, 4.69) is 5.32 Å². The molecule has 0 bridgehead atoms. The maximum Gasteiger partial charge on any atom is 0.326 e. The van der Waals surface area contributed by atoms with E-state index in [9.17, 15) is 14.7 Å². The Bertz CT molecular complexity index is 323. The second-order valence-electron chi connectivity index (χ2n) is 5.91. The first-order valence-electron chi connectivity index (χ1n) is 7.79. The lowest BCUT2D eigenvalue weighted by Gasteiger charge is -2.31. The third-order valence-corrected chi connectivity index (χ3v) is 4.38. The van der Waals surface area contributed by atoms with E-state index in [-0.39, 0.29) is 5.91 Å². The molecule has 0 radical (unpaired) electrons. The predicted octanol–water partition coefficient (Wildman–Crippen LogP) is 2.05. The van der Waals surface area contributed by atoms with E-state index in [4.69, 9.17) is 5.73 Å². The minimum absolute atomic E-state index is 0.162. The largest absolute Gasteiger partial charge is 0.480 e. The van der Waals surface area contributed by atoms with Crippen LogP contribution in [0.25, 0.3) is 0 Å². The number of hydrogen-bond donors (Lipinski definition) is 3. The number of nitrogens with one attached hydrogen (secondary N) is 1. The van der Waals surface area contributed by atoms with Gasteiger partial charge in [-0.15, -0.1) is 0 Å². The maximum atomic E-state index is 12.5. The average molecular weight is 284 g/mol. The highest BCUT2D eigenvalue weighted by atomic mass is 16.4. The minimum Gasteiger partial charge on any atom is -0.480 e. The Kier molecular flexibility index (Phi) is 6.99. The topological polar surface area (TPSA) is 92.4 Å². The monoisotopic (exact) mass is 284 g/mol. The molecule has 0 saturated heterocycles. The number of amides is 1. The summed E-state index contributed by atoms with van der Waals surface area (Å²) in [5.41, 5.74) is 5.29. The van der Waals surface area contributed by atoms with E-state index in [1.807, 2.05) is 6.92 Å². The van der Waals surface area contributed by atoms with Gasteiger partial charge < -0.3 is 16.2 Å². The number of carbonyl (C=O) groups is 2. The Morgan fingerprint density at radius 3 is 2.30 bits per heavy atom. The summed E-state index contributed by atoms with van der Waals surface area (Å²) >= 11 is 0. The van der Waals surface area contributed by atoms with Gasteiger partial charge in [0.1, 0.15) is 6.04 Å². The lowest BCUT2D eigenvalue weighted by atomic mass is 9.79. The van der Waals surface area contributed by atoms with Crippen molar-refractivity contribution in [2.45, 2.75) is 70.8 Å². The van der Waals surface area contributed by atoms with E-state index in [1.165, 1.54) is 0 Å². The summed E-state index contributed by atoms with van der Waals surface area (Å²) in [7, 11) is 0. The van der Waals surface area contributed by atoms with Crippen LogP contribution in [0.4, 0.5) is 0 Å². The van der Waals surface area contributed by atoms with Crippen LogP contribution in [0.5, 0.6) is 0 Å². The summed E-state index contributed by atoms with van der Waals surface area (Å²) in [5.74, 6) is -1.11. The fraction of sp³-hybridized carbons (Fsp3) is 0.867. The highest BCUT2D eigenvalue weighted by Gasteiger charge is 2.38. The molecule has 1 amide bonds. The first-order valence-corrected chi connectivity index (χ1v) is 7.79. The Hall–Kier alpha value is -1.10. The highest BCUT2D eigenvalue weighted by molar-refractivity contribution is 5.87. The molecule has 5 heteroatoms. The Balaban J connectivity index is 2.71. The maximum absolute atomic E-state index is 12.5. The number of nitrogens with two attached hydrogens (primary N) is 1. The molecule has 4 N–H and O–H groups in total. The molecular formula is C15H28N2O3. The SMILES string of the molecule is CCCC[C@H](NC(=O)C1(CN)CCCCCC1)C(=O)O. The van der Waals surface area contributed by atoms with Gasteiger partial charge in [0.2, 0.25) is 5.91 Å². The molecule has 5 nitrogen and oxygen atoms in total.